The minimum atomic E-state index is -4.57. The van der Waals surface area contributed by atoms with E-state index in [9.17, 15) is 22.4 Å². The van der Waals surface area contributed by atoms with Crippen LogP contribution in [0.25, 0.3) is 11.6 Å². The standard InChI is InChI=1S/C29H20Cl2F2N2O5S2/c1-2-40-29(37)24-23(22-18(31)11-7-13-20(22)33)25(42(38,39)15-8-4-3-5-9-15)26(34)35-27(36)21(41-28(24)35)14-16-17(30)10-6-12-19(16)32/h3-14,23,25,34H,2H2,1H3/b21-14-,34-26?. The first-order valence-corrected chi connectivity index (χ1v) is 15.5. The largest absolute Gasteiger partial charge is 0.463 e. The molecule has 42 heavy (non-hydrogen) atoms. The van der Waals surface area contributed by atoms with Crippen LogP contribution in [0.5, 0.6) is 0 Å². The van der Waals surface area contributed by atoms with Gasteiger partial charge in [0.25, 0.3) is 5.56 Å². The first kappa shape index (κ1) is 29.8. The van der Waals surface area contributed by atoms with Crippen LogP contribution < -0.4 is 14.8 Å². The van der Waals surface area contributed by atoms with E-state index < -0.39 is 50.0 Å². The van der Waals surface area contributed by atoms with Crippen molar-refractivity contribution in [2.45, 2.75) is 23.0 Å². The van der Waals surface area contributed by atoms with Gasteiger partial charge in [-0.1, -0.05) is 53.5 Å². The quantitative estimate of drug-likeness (QED) is 0.310. The molecule has 2 unspecified atom stereocenters. The van der Waals surface area contributed by atoms with E-state index in [-0.39, 0.29) is 47.4 Å². The highest BCUT2D eigenvalue weighted by Crippen LogP contribution is 2.42. The fraction of sp³-hybridized carbons (Fsp3) is 0.138. The Balaban J connectivity index is 1.95. The van der Waals surface area contributed by atoms with E-state index in [4.69, 9.17) is 33.3 Å². The zero-order valence-electron chi connectivity index (χ0n) is 21.6. The number of fused-ring (bicyclic) bond motifs is 1. The predicted molar refractivity (Wildman–Crippen MR) is 158 cm³/mol. The number of hydrogen-bond acceptors (Lipinski definition) is 7. The molecule has 0 saturated carbocycles. The molecule has 0 aliphatic carbocycles. The third kappa shape index (κ3) is 5.00. The topological polar surface area (TPSA) is 106 Å². The van der Waals surface area contributed by atoms with Crippen LogP contribution in [-0.2, 0) is 19.4 Å². The molecule has 2 heterocycles. The van der Waals surface area contributed by atoms with E-state index in [1.807, 2.05) is 0 Å². The average Bonchev–Trinajstić information content (AvgIpc) is 3.27. The van der Waals surface area contributed by atoms with Crippen molar-refractivity contribution in [3.05, 3.63) is 119 Å². The van der Waals surface area contributed by atoms with Gasteiger partial charge >= 0.3 is 5.97 Å². The van der Waals surface area contributed by atoms with Crippen LogP contribution in [0.4, 0.5) is 8.78 Å². The summed E-state index contributed by atoms with van der Waals surface area (Å²) < 4.78 is 64.2. The number of halogens is 4. The molecule has 4 aromatic rings. The summed E-state index contributed by atoms with van der Waals surface area (Å²) in [6.45, 7) is 1.39. The second-order valence-electron chi connectivity index (χ2n) is 9.10. The zero-order chi connectivity index (χ0) is 30.3. The monoisotopic (exact) mass is 648 g/mol. The van der Waals surface area contributed by atoms with Gasteiger partial charge in [0.05, 0.1) is 26.6 Å². The maximum Gasteiger partial charge on any atom is 0.337 e. The second-order valence-corrected chi connectivity index (χ2v) is 13.0. The van der Waals surface area contributed by atoms with Crippen molar-refractivity contribution in [3.63, 3.8) is 0 Å². The van der Waals surface area contributed by atoms with Crippen molar-refractivity contribution in [3.8, 4) is 0 Å². The summed E-state index contributed by atoms with van der Waals surface area (Å²) in [5.74, 6) is -5.12. The zero-order valence-corrected chi connectivity index (χ0v) is 24.8. The molecule has 1 aliphatic rings. The molecule has 1 N–H and O–H groups in total. The van der Waals surface area contributed by atoms with Gasteiger partial charge in [-0.15, -0.1) is 11.3 Å². The normalized spacial score (nSPS) is 17.3. The molecule has 13 heteroatoms. The number of sulfone groups is 1. The summed E-state index contributed by atoms with van der Waals surface area (Å²) in [5.41, 5.74) is -1.76. The van der Waals surface area contributed by atoms with E-state index in [1.54, 1.807) is 6.07 Å². The van der Waals surface area contributed by atoms with Crippen molar-refractivity contribution >= 4 is 67.8 Å². The number of ether oxygens (including phenoxy) is 1. The molecule has 216 valence electrons. The SMILES string of the molecule is CCOC(=O)C1=c2s/c(=C\c3c(F)cccc3Cl)c(=O)n2C(=N)C(S(=O)(=O)c2ccccc2)C1c1c(F)cccc1Cl. The Morgan fingerprint density at radius 2 is 1.67 bits per heavy atom. The molecule has 0 bridgehead atoms. The number of nitrogens with one attached hydrogen (secondary N) is 1. The number of carbonyl (C=O) groups excluding carboxylic acids is 1. The van der Waals surface area contributed by atoms with Crippen LogP contribution >= 0.6 is 34.5 Å². The summed E-state index contributed by atoms with van der Waals surface area (Å²) >= 11 is 13.3. The summed E-state index contributed by atoms with van der Waals surface area (Å²) in [5, 5.41) is 6.88. The summed E-state index contributed by atoms with van der Waals surface area (Å²) in [6.07, 6.45) is 1.15. The lowest BCUT2D eigenvalue weighted by Gasteiger charge is -2.33. The highest BCUT2D eigenvalue weighted by molar-refractivity contribution is 7.93. The number of hydrogen-bond donors (Lipinski definition) is 1. The van der Waals surface area contributed by atoms with Crippen LogP contribution in [0.2, 0.25) is 10.0 Å². The lowest BCUT2D eigenvalue weighted by atomic mass is 9.85. The van der Waals surface area contributed by atoms with Crippen LogP contribution in [0.1, 0.15) is 24.0 Å². The molecule has 1 aliphatic heterocycles. The first-order valence-electron chi connectivity index (χ1n) is 12.4. The molecular weight excluding hydrogens is 629 g/mol. The number of rotatable bonds is 6. The van der Waals surface area contributed by atoms with Gasteiger partial charge in [-0.3, -0.25) is 14.8 Å². The molecular formula is C29H20Cl2F2N2O5S2. The van der Waals surface area contributed by atoms with Crippen LogP contribution in [0, 0.1) is 17.0 Å². The number of aromatic nitrogens is 1. The van der Waals surface area contributed by atoms with Gasteiger partial charge in [0.2, 0.25) is 0 Å². The summed E-state index contributed by atoms with van der Waals surface area (Å²) in [7, 11) is -4.57. The summed E-state index contributed by atoms with van der Waals surface area (Å²) in [6, 6.07) is 14.7. The minimum Gasteiger partial charge on any atom is -0.463 e. The molecule has 0 saturated heterocycles. The molecule has 0 spiro atoms. The number of thiazole rings is 1. The van der Waals surface area contributed by atoms with Gasteiger partial charge < -0.3 is 4.74 Å². The second kappa shape index (κ2) is 11.6. The maximum atomic E-state index is 15.5. The molecule has 5 rings (SSSR count). The molecule has 1 aromatic heterocycles. The highest BCUT2D eigenvalue weighted by atomic mass is 35.5. The van der Waals surface area contributed by atoms with Gasteiger partial charge in [0.1, 0.15) is 27.4 Å². The smallest absolute Gasteiger partial charge is 0.337 e. The van der Waals surface area contributed by atoms with Crippen molar-refractivity contribution < 1.29 is 26.7 Å². The van der Waals surface area contributed by atoms with E-state index in [1.165, 1.54) is 55.5 Å². The van der Waals surface area contributed by atoms with Crippen molar-refractivity contribution in [1.82, 2.24) is 4.57 Å². The molecule has 0 amide bonds. The minimum absolute atomic E-state index is 0.00371. The van der Waals surface area contributed by atoms with Crippen molar-refractivity contribution in [2.24, 2.45) is 0 Å². The Hall–Kier alpha value is -3.64. The number of nitrogens with zero attached hydrogens (tertiary/aromatic N) is 1. The van der Waals surface area contributed by atoms with E-state index in [0.29, 0.717) is 11.3 Å². The molecule has 0 radical (unpaired) electrons. The van der Waals surface area contributed by atoms with Crippen LogP contribution in [-0.4, -0.2) is 36.6 Å². The van der Waals surface area contributed by atoms with Gasteiger partial charge in [0.15, 0.2) is 9.84 Å². The fourth-order valence-corrected chi connectivity index (χ4v) is 8.35. The summed E-state index contributed by atoms with van der Waals surface area (Å²) in [4.78, 5) is 27.1. The van der Waals surface area contributed by atoms with E-state index in [0.717, 1.165) is 22.8 Å². The number of benzene rings is 3. The molecule has 0 fully saturated rings. The third-order valence-electron chi connectivity index (χ3n) is 6.67. The van der Waals surface area contributed by atoms with Gasteiger partial charge in [-0.25, -0.2) is 22.0 Å². The van der Waals surface area contributed by atoms with Crippen molar-refractivity contribution in [1.29, 1.82) is 5.41 Å². The van der Waals surface area contributed by atoms with E-state index >= 15 is 4.39 Å². The molecule has 7 nitrogen and oxygen atoms in total. The predicted octanol–water partition coefficient (Wildman–Crippen LogP) is 4.50. The Morgan fingerprint density at radius 1 is 1.02 bits per heavy atom. The number of carbonyl (C=O) groups is 1. The highest BCUT2D eigenvalue weighted by Gasteiger charge is 2.49. The van der Waals surface area contributed by atoms with E-state index in [2.05, 4.69) is 0 Å². The van der Waals surface area contributed by atoms with Crippen LogP contribution in [0.3, 0.4) is 0 Å². The Bertz CT molecular complexity index is 2000. The van der Waals surface area contributed by atoms with Gasteiger partial charge in [0, 0.05) is 22.1 Å². The third-order valence-corrected chi connectivity index (χ3v) is 10.5. The Labute approximate surface area is 252 Å². The maximum absolute atomic E-state index is 15.5. The fourth-order valence-electron chi connectivity index (χ4n) is 4.84. The number of esters is 1. The van der Waals surface area contributed by atoms with Crippen LogP contribution in [0.15, 0.2) is 76.4 Å². The lowest BCUT2D eigenvalue weighted by molar-refractivity contribution is -0.136. The molecule has 3 aromatic carbocycles. The first-order chi connectivity index (χ1) is 20.0. The molecule has 2 atom stereocenters. The van der Waals surface area contributed by atoms with Gasteiger partial charge in [-0.05, 0) is 49.4 Å². The lowest BCUT2D eigenvalue weighted by Crippen LogP contribution is -2.53. The average molecular weight is 650 g/mol. The van der Waals surface area contributed by atoms with Crippen molar-refractivity contribution in [2.75, 3.05) is 6.61 Å². The Morgan fingerprint density at radius 3 is 2.29 bits per heavy atom. The van der Waals surface area contributed by atoms with Gasteiger partial charge in [-0.2, -0.15) is 0 Å². The Kier molecular flexibility index (Phi) is 8.21.